The van der Waals surface area contributed by atoms with Crippen LogP contribution in [0.15, 0.2) is 72.8 Å². The molecule has 0 saturated carbocycles. The van der Waals surface area contributed by atoms with Gasteiger partial charge in [-0.3, -0.25) is 0 Å². The molecule has 0 aliphatic carbocycles. The van der Waals surface area contributed by atoms with E-state index in [-0.39, 0.29) is 11.5 Å². The number of phenolic OH excluding ortho intramolecular Hbond substituents is 1. The molecule has 31 heavy (non-hydrogen) atoms. The molecule has 4 rings (SSSR count). The molecule has 0 unspecified atom stereocenters. The molecule has 0 atom stereocenters. The Morgan fingerprint density at radius 1 is 0.871 bits per heavy atom. The van der Waals surface area contributed by atoms with E-state index in [4.69, 9.17) is 4.74 Å². The molecule has 4 aromatic rings. The molecule has 0 bridgehead atoms. The van der Waals surface area contributed by atoms with Crippen LogP contribution in [0, 0.1) is 19.7 Å². The van der Waals surface area contributed by atoms with Crippen LogP contribution in [-0.4, -0.2) is 11.1 Å². The summed E-state index contributed by atoms with van der Waals surface area (Å²) in [4.78, 5) is 12.9. The van der Waals surface area contributed by atoms with Crippen LogP contribution in [-0.2, 0) is 0 Å². The fourth-order valence-corrected chi connectivity index (χ4v) is 3.53. The van der Waals surface area contributed by atoms with E-state index in [0.29, 0.717) is 11.1 Å². The zero-order chi connectivity index (χ0) is 22.0. The quantitative estimate of drug-likeness (QED) is 0.231. The molecule has 0 radical (unpaired) electrons. The molecule has 1 N–H and O–H groups in total. The first-order valence-electron chi connectivity index (χ1n) is 9.90. The lowest BCUT2D eigenvalue weighted by atomic mass is 9.99. The zero-order valence-corrected chi connectivity index (χ0v) is 17.2. The van der Waals surface area contributed by atoms with E-state index < -0.39 is 11.8 Å². The summed E-state index contributed by atoms with van der Waals surface area (Å²) in [7, 11) is 0. The third-order valence-electron chi connectivity index (χ3n) is 5.15. The van der Waals surface area contributed by atoms with Crippen LogP contribution in [0.4, 0.5) is 4.39 Å². The number of fused-ring (bicyclic) bond motifs is 1. The van der Waals surface area contributed by atoms with Crippen molar-refractivity contribution in [3.8, 4) is 11.5 Å². The Morgan fingerprint density at radius 2 is 1.48 bits per heavy atom. The van der Waals surface area contributed by atoms with Crippen molar-refractivity contribution in [3.05, 3.63) is 106 Å². The predicted molar refractivity (Wildman–Crippen MR) is 122 cm³/mol. The van der Waals surface area contributed by atoms with Crippen molar-refractivity contribution >= 4 is 28.9 Å². The van der Waals surface area contributed by atoms with Gasteiger partial charge >= 0.3 is 5.97 Å². The Kier molecular flexibility index (Phi) is 5.54. The Bertz CT molecular complexity index is 1300. The topological polar surface area (TPSA) is 46.5 Å². The zero-order valence-electron chi connectivity index (χ0n) is 17.2. The van der Waals surface area contributed by atoms with Crippen LogP contribution in [0.25, 0.3) is 22.9 Å². The number of hydrogen-bond acceptors (Lipinski definition) is 3. The number of rotatable bonds is 4. The molecule has 0 spiro atoms. The van der Waals surface area contributed by atoms with Gasteiger partial charge in [0.15, 0.2) is 11.6 Å². The Hall–Kier alpha value is -3.92. The van der Waals surface area contributed by atoms with Crippen LogP contribution in [0.1, 0.15) is 32.6 Å². The minimum atomic E-state index is -0.631. The van der Waals surface area contributed by atoms with Gasteiger partial charge in [-0.15, -0.1) is 0 Å². The van der Waals surface area contributed by atoms with Gasteiger partial charge in [0.2, 0.25) is 0 Å². The highest BCUT2D eigenvalue weighted by atomic mass is 19.1. The van der Waals surface area contributed by atoms with Gasteiger partial charge < -0.3 is 9.84 Å². The van der Waals surface area contributed by atoms with Crippen LogP contribution in [0.2, 0.25) is 0 Å². The fraction of sp³-hybridized carbons (Fsp3) is 0.0741. The monoisotopic (exact) mass is 412 g/mol. The third kappa shape index (κ3) is 4.33. The minimum absolute atomic E-state index is 0.111. The molecule has 0 aromatic heterocycles. The van der Waals surface area contributed by atoms with Crippen molar-refractivity contribution in [2.45, 2.75) is 13.8 Å². The van der Waals surface area contributed by atoms with E-state index in [9.17, 15) is 14.3 Å². The molecule has 0 fully saturated rings. The van der Waals surface area contributed by atoms with Gasteiger partial charge in [-0.25, -0.2) is 9.18 Å². The molecule has 0 heterocycles. The molecule has 0 saturated heterocycles. The normalized spacial score (nSPS) is 11.2. The summed E-state index contributed by atoms with van der Waals surface area (Å²) in [6.07, 6.45) is 3.71. The number of carbonyl (C=O) groups is 1. The lowest BCUT2D eigenvalue weighted by Gasteiger charge is -2.10. The average molecular weight is 412 g/mol. The van der Waals surface area contributed by atoms with Crippen molar-refractivity contribution in [3.63, 3.8) is 0 Å². The molecular formula is C27H21FO3. The van der Waals surface area contributed by atoms with Crippen molar-refractivity contribution in [1.29, 1.82) is 0 Å². The van der Waals surface area contributed by atoms with Gasteiger partial charge in [0.1, 0.15) is 5.75 Å². The van der Waals surface area contributed by atoms with E-state index in [1.807, 2.05) is 68.5 Å². The largest absolute Gasteiger partial charge is 0.507 e. The number of para-hydroxylation sites is 1. The Balaban J connectivity index is 1.76. The lowest BCUT2D eigenvalue weighted by Crippen LogP contribution is -2.11. The second-order valence-corrected chi connectivity index (χ2v) is 7.44. The molecule has 4 heteroatoms. The van der Waals surface area contributed by atoms with Crippen molar-refractivity contribution < 1.29 is 19.0 Å². The maximum atomic E-state index is 14.0. The number of esters is 1. The van der Waals surface area contributed by atoms with Crippen molar-refractivity contribution in [2.24, 2.45) is 0 Å². The average Bonchev–Trinajstić information content (AvgIpc) is 2.76. The smallest absolute Gasteiger partial charge is 0.344 e. The molecule has 0 amide bonds. The first-order chi connectivity index (χ1) is 14.9. The summed E-state index contributed by atoms with van der Waals surface area (Å²) in [5, 5.41) is 11.9. The first kappa shape index (κ1) is 20.4. The number of ether oxygens (including phenoxy) is 1. The summed E-state index contributed by atoms with van der Waals surface area (Å²) < 4.78 is 19.3. The molecule has 0 aliphatic rings. The molecular weight excluding hydrogens is 391 g/mol. The van der Waals surface area contributed by atoms with Gasteiger partial charge in [-0.05, 0) is 83.3 Å². The van der Waals surface area contributed by atoms with E-state index in [2.05, 4.69) is 0 Å². The number of phenols is 1. The van der Waals surface area contributed by atoms with E-state index in [1.54, 1.807) is 18.2 Å². The van der Waals surface area contributed by atoms with Gasteiger partial charge in [0.25, 0.3) is 0 Å². The molecule has 4 aromatic carbocycles. The summed E-state index contributed by atoms with van der Waals surface area (Å²) >= 11 is 0. The fourth-order valence-electron chi connectivity index (χ4n) is 3.53. The number of carbonyl (C=O) groups excluding carboxylic acids is 1. The number of hydrogen-bond donors (Lipinski definition) is 1. The molecule has 154 valence electrons. The minimum Gasteiger partial charge on any atom is -0.507 e. The van der Waals surface area contributed by atoms with E-state index in [0.717, 1.165) is 27.5 Å². The van der Waals surface area contributed by atoms with Crippen LogP contribution < -0.4 is 4.74 Å². The highest BCUT2D eigenvalue weighted by Gasteiger charge is 2.16. The summed E-state index contributed by atoms with van der Waals surface area (Å²) in [6, 6.07) is 20.9. The van der Waals surface area contributed by atoms with Crippen molar-refractivity contribution in [2.75, 3.05) is 0 Å². The molecule has 3 nitrogen and oxygen atoms in total. The maximum absolute atomic E-state index is 14.0. The summed E-state index contributed by atoms with van der Waals surface area (Å²) in [5.41, 5.74) is 3.44. The van der Waals surface area contributed by atoms with Gasteiger partial charge in [0, 0.05) is 0 Å². The Labute approximate surface area is 180 Å². The van der Waals surface area contributed by atoms with Crippen LogP contribution in [0.3, 0.4) is 0 Å². The van der Waals surface area contributed by atoms with Gasteiger partial charge in [0.05, 0.1) is 5.56 Å². The van der Waals surface area contributed by atoms with Crippen LogP contribution in [0.5, 0.6) is 11.5 Å². The second-order valence-electron chi connectivity index (χ2n) is 7.44. The Morgan fingerprint density at radius 3 is 2.16 bits per heavy atom. The second kappa shape index (κ2) is 8.44. The van der Waals surface area contributed by atoms with Crippen LogP contribution >= 0.6 is 0 Å². The van der Waals surface area contributed by atoms with Gasteiger partial charge in [-0.1, -0.05) is 48.6 Å². The standard InChI is InChI=1S/C27H21FO3/c1-17-13-19(14-18(2)26(17)29)11-12-22-15-20-7-3-4-8-21(20)16-23(22)27(30)31-25-10-6-5-9-24(25)28/h3-16,29H,1-2H3. The number of aromatic hydroxyl groups is 1. The highest BCUT2D eigenvalue weighted by molar-refractivity contribution is 6.01. The van der Waals surface area contributed by atoms with E-state index in [1.165, 1.54) is 12.1 Å². The summed E-state index contributed by atoms with van der Waals surface area (Å²) in [6.45, 7) is 3.68. The summed E-state index contributed by atoms with van der Waals surface area (Å²) in [5.74, 6) is -1.06. The first-order valence-corrected chi connectivity index (χ1v) is 9.90. The maximum Gasteiger partial charge on any atom is 0.344 e. The van der Waals surface area contributed by atoms with E-state index >= 15 is 0 Å². The number of benzene rings is 4. The molecule has 0 aliphatic heterocycles. The highest BCUT2D eigenvalue weighted by Crippen LogP contribution is 2.27. The number of aryl methyl sites for hydroxylation is 2. The third-order valence-corrected chi connectivity index (χ3v) is 5.15. The lowest BCUT2D eigenvalue weighted by molar-refractivity contribution is 0.0728. The SMILES string of the molecule is Cc1cc(C=Cc2cc3ccccc3cc2C(=O)Oc2ccccc2F)cc(C)c1O. The predicted octanol–water partition coefficient (Wildman–Crippen LogP) is 6.69. The number of halogens is 1. The van der Waals surface area contributed by atoms with Gasteiger partial charge in [-0.2, -0.15) is 0 Å². The van der Waals surface area contributed by atoms with Crippen molar-refractivity contribution in [1.82, 2.24) is 0 Å².